The molecule has 5 heteroatoms. The van der Waals surface area contributed by atoms with Crippen LogP contribution >= 0.6 is 0 Å². The number of nitrogens with two attached hydrogens (primary N) is 1. The molecule has 0 spiro atoms. The van der Waals surface area contributed by atoms with Crippen LogP contribution in [0.25, 0.3) is 0 Å². The number of nitrogens with one attached hydrogen (secondary N) is 1. The van der Waals surface area contributed by atoms with E-state index in [-0.39, 0.29) is 6.04 Å². The summed E-state index contributed by atoms with van der Waals surface area (Å²) in [7, 11) is 3.00. The average molecular weight is 266 g/mol. The highest BCUT2D eigenvalue weighted by molar-refractivity contribution is 5.96. The normalized spacial score (nSPS) is 12.3. The van der Waals surface area contributed by atoms with Crippen molar-refractivity contribution in [3.63, 3.8) is 0 Å². The molecule has 1 unspecified atom stereocenters. The van der Waals surface area contributed by atoms with Crippen LogP contribution in [-0.2, 0) is 9.47 Å². The van der Waals surface area contributed by atoms with E-state index in [1.165, 1.54) is 7.11 Å². The Bertz CT molecular complexity index is 433. The van der Waals surface area contributed by atoms with Crippen LogP contribution in [0, 0.1) is 5.92 Å². The Labute approximate surface area is 114 Å². The smallest absolute Gasteiger partial charge is 0.340 e. The molecular formula is C14H22N2O3. The Morgan fingerprint density at radius 1 is 1.37 bits per heavy atom. The van der Waals surface area contributed by atoms with Gasteiger partial charge in [-0.25, -0.2) is 4.79 Å². The first kappa shape index (κ1) is 15.3. The molecule has 0 amide bonds. The van der Waals surface area contributed by atoms with Crippen molar-refractivity contribution in [1.82, 2.24) is 0 Å². The van der Waals surface area contributed by atoms with E-state index in [1.807, 2.05) is 6.07 Å². The van der Waals surface area contributed by atoms with Crippen molar-refractivity contribution >= 4 is 17.3 Å². The molecule has 0 saturated carbocycles. The topological polar surface area (TPSA) is 73.6 Å². The highest BCUT2D eigenvalue weighted by Gasteiger charge is 2.15. The molecule has 0 bridgehead atoms. The molecule has 0 saturated heterocycles. The lowest BCUT2D eigenvalue weighted by Gasteiger charge is -2.23. The van der Waals surface area contributed by atoms with Crippen LogP contribution in [-0.4, -0.2) is 32.8 Å². The number of esters is 1. The van der Waals surface area contributed by atoms with Crippen molar-refractivity contribution in [2.75, 3.05) is 31.9 Å². The van der Waals surface area contributed by atoms with E-state index >= 15 is 0 Å². The minimum absolute atomic E-state index is 0.166. The zero-order valence-electron chi connectivity index (χ0n) is 11.9. The number of hydrogen-bond donors (Lipinski definition) is 2. The minimum atomic E-state index is -0.436. The van der Waals surface area contributed by atoms with Gasteiger partial charge in [-0.15, -0.1) is 0 Å². The van der Waals surface area contributed by atoms with Crippen molar-refractivity contribution < 1.29 is 14.3 Å². The van der Waals surface area contributed by atoms with Gasteiger partial charge in [0.2, 0.25) is 0 Å². The van der Waals surface area contributed by atoms with Gasteiger partial charge in [-0.3, -0.25) is 0 Å². The van der Waals surface area contributed by atoms with Gasteiger partial charge in [-0.2, -0.15) is 0 Å². The maximum absolute atomic E-state index is 11.6. The molecule has 0 aliphatic rings. The second-order valence-corrected chi connectivity index (χ2v) is 4.74. The Hall–Kier alpha value is -1.75. The first-order valence-corrected chi connectivity index (χ1v) is 6.23. The average Bonchev–Trinajstić information content (AvgIpc) is 2.39. The summed E-state index contributed by atoms with van der Waals surface area (Å²) >= 11 is 0. The Kier molecular flexibility index (Phi) is 5.63. The standard InChI is InChI=1S/C14H22N2O3/c1-9(2)13(8-18-3)16-10-5-6-12(15)11(7-10)14(17)19-4/h5-7,9,13,16H,8,15H2,1-4H3. The number of ether oxygens (including phenoxy) is 2. The van der Waals surface area contributed by atoms with Gasteiger partial charge in [0.25, 0.3) is 0 Å². The number of methoxy groups -OCH3 is 2. The third kappa shape index (κ3) is 4.13. The summed E-state index contributed by atoms with van der Waals surface area (Å²) in [6, 6.07) is 5.40. The first-order chi connectivity index (χ1) is 8.99. The van der Waals surface area contributed by atoms with Gasteiger partial charge < -0.3 is 20.5 Å². The number of hydrogen-bond acceptors (Lipinski definition) is 5. The zero-order valence-corrected chi connectivity index (χ0v) is 11.9. The minimum Gasteiger partial charge on any atom is -0.465 e. The Morgan fingerprint density at radius 3 is 2.58 bits per heavy atom. The van der Waals surface area contributed by atoms with E-state index < -0.39 is 5.97 Å². The van der Waals surface area contributed by atoms with Gasteiger partial charge in [-0.1, -0.05) is 13.8 Å². The van der Waals surface area contributed by atoms with Crippen molar-refractivity contribution in [2.24, 2.45) is 5.92 Å². The SMILES string of the molecule is COCC(Nc1ccc(N)c(C(=O)OC)c1)C(C)C. The molecule has 106 valence electrons. The fraction of sp³-hybridized carbons (Fsp3) is 0.500. The predicted molar refractivity (Wildman–Crippen MR) is 76.3 cm³/mol. The van der Waals surface area contributed by atoms with Crippen LogP contribution in [0.4, 0.5) is 11.4 Å². The van der Waals surface area contributed by atoms with Gasteiger partial charge >= 0.3 is 5.97 Å². The second-order valence-electron chi connectivity index (χ2n) is 4.74. The predicted octanol–water partition coefficient (Wildman–Crippen LogP) is 2.14. The summed E-state index contributed by atoms with van der Waals surface area (Å²) in [6.07, 6.45) is 0. The van der Waals surface area contributed by atoms with Gasteiger partial charge in [0.15, 0.2) is 0 Å². The molecule has 1 atom stereocenters. The van der Waals surface area contributed by atoms with Crippen molar-refractivity contribution in [3.05, 3.63) is 23.8 Å². The maximum Gasteiger partial charge on any atom is 0.340 e. The van der Waals surface area contributed by atoms with Crippen molar-refractivity contribution in [1.29, 1.82) is 0 Å². The molecule has 1 aromatic rings. The summed E-state index contributed by atoms with van der Waals surface area (Å²) < 4.78 is 9.88. The molecule has 0 aromatic heterocycles. The van der Waals surface area contributed by atoms with Crippen molar-refractivity contribution in [3.8, 4) is 0 Å². The molecule has 3 N–H and O–H groups in total. The third-order valence-corrected chi connectivity index (χ3v) is 2.96. The van der Waals surface area contributed by atoms with E-state index in [2.05, 4.69) is 19.2 Å². The summed E-state index contributed by atoms with van der Waals surface area (Å²) in [4.78, 5) is 11.6. The van der Waals surface area contributed by atoms with Gasteiger partial charge in [0.05, 0.1) is 25.3 Å². The highest BCUT2D eigenvalue weighted by atomic mass is 16.5. The van der Waals surface area contributed by atoms with E-state index in [0.29, 0.717) is 23.8 Å². The summed E-state index contributed by atoms with van der Waals surface area (Å²) in [5.74, 6) is -0.0342. The number of nitrogen functional groups attached to an aromatic ring is 1. The number of rotatable bonds is 6. The number of carbonyl (C=O) groups is 1. The highest BCUT2D eigenvalue weighted by Crippen LogP contribution is 2.20. The lowest BCUT2D eigenvalue weighted by Crippen LogP contribution is -2.30. The molecule has 0 radical (unpaired) electrons. The largest absolute Gasteiger partial charge is 0.465 e. The lowest BCUT2D eigenvalue weighted by molar-refractivity contribution is 0.0602. The summed E-state index contributed by atoms with van der Waals surface area (Å²) in [6.45, 7) is 4.81. The van der Waals surface area contributed by atoms with Crippen LogP contribution in [0.15, 0.2) is 18.2 Å². The summed E-state index contributed by atoms with van der Waals surface area (Å²) in [5, 5.41) is 3.34. The first-order valence-electron chi connectivity index (χ1n) is 6.23. The monoisotopic (exact) mass is 266 g/mol. The molecule has 5 nitrogen and oxygen atoms in total. The number of benzene rings is 1. The third-order valence-electron chi connectivity index (χ3n) is 2.96. The summed E-state index contributed by atoms with van der Waals surface area (Å²) in [5.41, 5.74) is 7.36. The molecule has 1 rings (SSSR count). The molecular weight excluding hydrogens is 244 g/mol. The van der Waals surface area contributed by atoms with Gasteiger partial charge in [0, 0.05) is 18.5 Å². The van der Waals surface area contributed by atoms with E-state index in [4.69, 9.17) is 15.2 Å². The number of anilines is 2. The van der Waals surface area contributed by atoms with Gasteiger partial charge in [0.1, 0.15) is 0 Å². The maximum atomic E-state index is 11.6. The fourth-order valence-corrected chi connectivity index (χ4v) is 1.73. The van der Waals surface area contributed by atoms with Crippen LogP contribution in [0.5, 0.6) is 0 Å². The van der Waals surface area contributed by atoms with Crippen LogP contribution in [0.1, 0.15) is 24.2 Å². The molecule has 0 aliphatic carbocycles. The van der Waals surface area contributed by atoms with E-state index in [0.717, 1.165) is 5.69 Å². The van der Waals surface area contributed by atoms with Crippen LogP contribution in [0.3, 0.4) is 0 Å². The van der Waals surface area contributed by atoms with Crippen LogP contribution in [0.2, 0.25) is 0 Å². The fourth-order valence-electron chi connectivity index (χ4n) is 1.73. The Balaban J connectivity index is 2.92. The van der Waals surface area contributed by atoms with E-state index in [1.54, 1.807) is 19.2 Å². The lowest BCUT2D eigenvalue weighted by atomic mass is 10.0. The van der Waals surface area contributed by atoms with Crippen LogP contribution < -0.4 is 11.1 Å². The number of carbonyl (C=O) groups excluding carboxylic acids is 1. The molecule has 19 heavy (non-hydrogen) atoms. The van der Waals surface area contributed by atoms with Crippen molar-refractivity contribution in [2.45, 2.75) is 19.9 Å². The van der Waals surface area contributed by atoms with Gasteiger partial charge in [-0.05, 0) is 24.1 Å². The van der Waals surface area contributed by atoms with E-state index in [9.17, 15) is 4.79 Å². The zero-order chi connectivity index (χ0) is 14.4. The molecule has 0 fully saturated rings. The second kappa shape index (κ2) is 6.99. The quantitative estimate of drug-likeness (QED) is 0.609. The molecule has 0 heterocycles. The molecule has 0 aliphatic heterocycles. The molecule has 1 aromatic carbocycles. The Morgan fingerprint density at radius 2 is 2.05 bits per heavy atom.